The van der Waals surface area contributed by atoms with Gasteiger partial charge in [-0.3, -0.25) is 9.69 Å². The van der Waals surface area contributed by atoms with E-state index < -0.39 is 11.9 Å². The van der Waals surface area contributed by atoms with Gasteiger partial charge in [-0.1, -0.05) is 53.5 Å². The van der Waals surface area contributed by atoms with Gasteiger partial charge in [0.2, 0.25) is 5.91 Å². The zero-order chi connectivity index (χ0) is 22.8. The van der Waals surface area contributed by atoms with Crippen LogP contribution in [0, 0.1) is 5.92 Å². The molecule has 0 spiro atoms. The van der Waals surface area contributed by atoms with E-state index in [9.17, 15) is 4.79 Å². The first kappa shape index (κ1) is 24.7. The van der Waals surface area contributed by atoms with E-state index in [0.717, 1.165) is 43.1 Å². The number of carboxylic acid groups (broad SMARTS) is 2. The molecule has 0 unspecified atom stereocenters. The highest BCUT2D eigenvalue weighted by atomic mass is 35.5. The number of piperidine rings is 1. The lowest BCUT2D eigenvalue weighted by Crippen LogP contribution is -2.40. The first-order chi connectivity index (χ1) is 14.8. The number of aliphatic carboxylic acids is 2. The molecule has 9 heteroatoms. The maximum Gasteiger partial charge on any atom is 0.414 e. The summed E-state index contributed by atoms with van der Waals surface area (Å²) >= 11 is 12.1. The van der Waals surface area contributed by atoms with E-state index in [1.54, 1.807) is 0 Å². The second kappa shape index (κ2) is 12.3. The van der Waals surface area contributed by atoms with Crippen molar-refractivity contribution in [2.45, 2.75) is 25.9 Å². The highest BCUT2D eigenvalue weighted by Gasteiger charge is 2.24. The van der Waals surface area contributed by atoms with Crippen LogP contribution >= 0.6 is 23.2 Å². The van der Waals surface area contributed by atoms with Crippen LogP contribution in [0.5, 0.6) is 0 Å². The standard InChI is InChI=1S/C20H22Cl2N2O.C2H2O4/c21-18-7-5-15(6-8-18)14-24-11-9-16(10-12-24)20(25)23-13-17-3-1-2-4-19(17)22;3-1(4)2(5)6/h1-8,16H,9-14H2,(H,23,25);(H,3,4)(H,5,6). The van der Waals surface area contributed by atoms with Crippen LogP contribution in [0.25, 0.3) is 0 Å². The number of likely N-dealkylation sites (tertiary alicyclic amines) is 1. The van der Waals surface area contributed by atoms with Gasteiger partial charge in [-0.25, -0.2) is 9.59 Å². The molecule has 1 fully saturated rings. The van der Waals surface area contributed by atoms with Crippen molar-refractivity contribution in [1.82, 2.24) is 10.2 Å². The van der Waals surface area contributed by atoms with Gasteiger partial charge < -0.3 is 15.5 Å². The summed E-state index contributed by atoms with van der Waals surface area (Å²) in [6, 6.07) is 15.6. The van der Waals surface area contributed by atoms with Gasteiger partial charge in [-0.15, -0.1) is 0 Å². The Kier molecular flexibility index (Phi) is 9.78. The molecular formula is C22H24Cl2N2O5. The normalized spacial score (nSPS) is 14.3. The van der Waals surface area contributed by atoms with E-state index in [2.05, 4.69) is 22.3 Å². The zero-order valence-corrected chi connectivity index (χ0v) is 18.3. The second-order valence-electron chi connectivity index (χ2n) is 7.10. The van der Waals surface area contributed by atoms with E-state index in [4.69, 9.17) is 43.0 Å². The lowest BCUT2D eigenvalue weighted by molar-refractivity contribution is -0.159. The number of hydrogen-bond acceptors (Lipinski definition) is 4. The Hall–Kier alpha value is -2.61. The minimum atomic E-state index is -1.82. The second-order valence-corrected chi connectivity index (χ2v) is 7.94. The number of nitrogens with one attached hydrogen (secondary N) is 1. The fourth-order valence-electron chi connectivity index (χ4n) is 3.17. The third-order valence-corrected chi connectivity index (χ3v) is 5.49. The first-order valence-electron chi connectivity index (χ1n) is 9.70. The van der Waals surface area contributed by atoms with Crippen LogP contribution in [0.1, 0.15) is 24.0 Å². The minimum absolute atomic E-state index is 0.0870. The monoisotopic (exact) mass is 466 g/mol. The fraction of sp³-hybridized carbons (Fsp3) is 0.318. The number of hydrogen-bond donors (Lipinski definition) is 3. The van der Waals surface area contributed by atoms with Gasteiger partial charge in [0.1, 0.15) is 0 Å². The smallest absolute Gasteiger partial charge is 0.414 e. The summed E-state index contributed by atoms with van der Waals surface area (Å²) in [5.74, 6) is -3.43. The molecule has 1 aliphatic heterocycles. The van der Waals surface area contributed by atoms with Gasteiger partial charge in [0.15, 0.2) is 0 Å². The third-order valence-electron chi connectivity index (χ3n) is 4.87. The van der Waals surface area contributed by atoms with E-state index in [1.807, 2.05) is 36.4 Å². The van der Waals surface area contributed by atoms with Crippen molar-refractivity contribution >= 4 is 41.0 Å². The number of nitrogens with zero attached hydrogens (tertiary/aromatic N) is 1. The Morgan fingerprint density at radius 3 is 2.06 bits per heavy atom. The molecule has 166 valence electrons. The van der Waals surface area contributed by atoms with Crippen molar-refractivity contribution in [3.63, 3.8) is 0 Å². The maximum absolute atomic E-state index is 12.4. The van der Waals surface area contributed by atoms with Crippen LogP contribution in [0.15, 0.2) is 48.5 Å². The average molecular weight is 467 g/mol. The third kappa shape index (κ3) is 8.57. The Labute approximate surface area is 190 Å². The molecule has 0 aromatic heterocycles. The number of rotatable bonds is 5. The minimum Gasteiger partial charge on any atom is -0.473 e. The molecule has 7 nitrogen and oxygen atoms in total. The van der Waals surface area contributed by atoms with Crippen molar-refractivity contribution in [3.05, 3.63) is 69.7 Å². The van der Waals surface area contributed by atoms with Crippen LogP contribution in [0.4, 0.5) is 0 Å². The van der Waals surface area contributed by atoms with Crippen LogP contribution in [0.3, 0.4) is 0 Å². The highest BCUT2D eigenvalue weighted by molar-refractivity contribution is 6.31. The van der Waals surface area contributed by atoms with Gasteiger partial charge in [0, 0.05) is 29.1 Å². The molecule has 0 bridgehead atoms. The molecule has 2 aromatic rings. The van der Waals surface area contributed by atoms with Crippen LogP contribution in [0.2, 0.25) is 10.0 Å². The van der Waals surface area contributed by atoms with Crippen LogP contribution in [-0.2, 0) is 27.5 Å². The largest absolute Gasteiger partial charge is 0.473 e. The molecule has 0 aliphatic carbocycles. The van der Waals surface area contributed by atoms with E-state index in [-0.39, 0.29) is 11.8 Å². The van der Waals surface area contributed by atoms with Crippen molar-refractivity contribution < 1.29 is 24.6 Å². The molecule has 1 aliphatic rings. The lowest BCUT2D eigenvalue weighted by atomic mass is 9.95. The summed E-state index contributed by atoms with van der Waals surface area (Å²) in [6.45, 7) is 3.27. The summed E-state index contributed by atoms with van der Waals surface area (Å²) in [5, 5.41) is 19.3. The van der Waals surface area contributed by atoms with Gasteiger partial charge in [-0.2, -0.15) is 0 Å². The summed E-state index contributed by atoms with van der Waals surface area (Å²) in [7, 11) is 0. The maximum atomic E-state index is 12.4. The van der Waals surface area contributed by atoms with Gasteiger partial charge in [0.05, 0.1) is 0 Å². The first-order valence-corrected chi connectivity index (χ1v) is 10.5. The van der Waals surface area contributed by atoms with Gasteiger partial charge in [-0.05, 0) is 55.3 Å². The van der Waals surface area contributed by atoms with Crippen molar-refractivity contribution in [1.29, 1.82) is 0 Å². The molecule has 0 saturated carbocycles. The molecule has 1 amide bonds. The number of halogens is 2. The molecule has 0 atom stereocenters. The Bertz CT molecular complexity index is 885. The molecule has 3 rings (SSSR count). The predicted molar refractivity (Wildman–Crippen MR) is 118 cm³/mol. The van der Waals surface area contributed by atoms with Crippen molar-refractivity contribution in [3.8, 4) is 0 Å². The molecule has 3 N–H and O–H groups in total. The number of amides is 1. The molecular weight excluding hydrogens is 443 g/mol. The average Bonchev–Trinajstić information content (AvgIpc) is 2.75. The lowest BCUT2D eigenvalue weighted by Gasteiger charge is -2.31. The topological polar surface area (TPSA) is 107 Å². The molecule has 31 heavy (non-hydrogen) atoms. The molecule has 0 radical (unpaired) electrons. The van der Waals surface area contributed by atoms with Gasteiger partial charge in [0.25, 0.3) is 0 Å². The van der Waals surface area contributed by atoms with Crippen LogP contribution in [-0.4, -0.2) is 46.0 Å². The number of carboxylic acids is 2. The fourth-order valence-corrected chi connectivity index (χ4v) is 3.50. The molecule has 1 saturated heterocycles. The summed E-state index contributed by atoms with van der Waals surface area (Å²) in [4.78, 5) is 33.0. The van der Waals surface area contributed by atoms with Crippen molar-refractivity contribution in [2.75, 3.05) is 13.1 Å². The predicted octanol–water partition coefficient (Wildman–Crippen LogP) is 3.68. The van der Waals surface area contributed by atoms with E-state index >= 15 is 0 Å². The van der Waals surface area contributed by atoms with Crippen molar-refractivity contribution in [2.24, 2.45) is 5.92 Å². The van der Waals surface area contributed by atoms with E-state index in [1.165, 1.54) is 5.56 Å². The number of carbonyl (C=O) groups excluding carboxylic acids is 1. The summed E-state index contributed by atoms with van der Waals surface area (Å²) in [6.07, 6.45) is 1.78. The Morgan fingerprint density at radius 2 is 1.52 bits per heavy atom. The van der Waals surface area contributed by atoms with Gasteiger partial charge >= 0.3 is 11.9 Å². The Morgan fingerprint density at radius 1 is 0.935 bits per heavy atom. The summed E-state index contributed by atoms with van der Waals surface area (Å²) in [5.41, 5.74) is 2.21. The summed E-state index contributed by atoms with van der Waals surface area (Å²) < 4.78 is 0. The molecule has 1 heterocycles. The number of carbonyl (C=O) groups is 3. The Balaban J connectivity index is 0.000000501. The number of benzene rings is 2. The molecule has 2 aromatic carbocycles. The van der Waals surface area contributed by atoms with E-state index in [0.29, 0.717) is 11.6 Å². The quantitative estimate of drug-likeness (QED) is 0.580. The van der Waals surface area contributed by atoms with Crippen LogP contribution < -0.4 is 5.32 Å². The zero-order valence-electron chi connectivity index (χ0n) is 16.8. The highest BCUT2D eigenvalue weighted by Crippen LogP contribution is 2.21. The SMILES string of the molecule is O=C(NCc1ccccc1Cl)C1CCN(Cc2ccc(Cl)cc2)CC1.O=C(O)C(=O)O.